The van der Waals surface area contributed by atoms with E-state index in [1.165, 1.54) is 0 Å². The van der Waals surface area contributed by atoms with E-state index in [-0.39, 0.29) is 16.7 Å². The molecule has 0 radical (unpaired) electrons. The molecule has 0 aliphatic carbocycles. The van der Waals surface area contributed by atoms with Crippen molar-refractivity contribution in [2.24, 2.45) is 0 Å². The Morgan fingerprint density at radius 3 is 2.23 bits per heavy atom. The number of aliphatic hydroxyl groups excluding tert-OH is 1. The number of Topliss-reactive ketones (excluding diaryl/α,β-unsaturated/α-hetero) is 1. The maximum Gasteiger partial charge on any atom is 0.295 e. The Morgan fingerprint density at radius 1 is 0.974 bits per heavy atom. The zero-order chi connectivity index (χ0) is 28.3. The van der Waals surface area contributed by atoms with E-state index in [0.717, 1.165) is 22.3 Å². The zero-order valence-corrected chi connectivity index (χ0v) is 23.7. The van der Waals surface area contributed by atoms with Crippen molar-refractivity contribution < 1.29 is 19.4 Å². The molecule has 4 rings (SSSR count). The summed E-state index contributed by atoms with van der Waals surface area (Å²) in [6.07, 6.45) is 0. The number of carbonyl (C=O) groups excluding carboxylic acids is 2. The molecule has 1 saturated heterocycles. The Balaban J connectivity index is 1.71. The molecule has 3 aromatic carbocycles. The average molecular weight is 527 g/mol. The first-order valence-corrected chi connectivity index (χ1v) is 13.3. The number of hydrogen-bond donors (Lipinski definition) is 1. The van der Waals surface area contributed by atoms with E-state index in [1.54, 1.807) is 23.1 Å². The van der Waals surface area contributed by atoms with Gasteiger partial charge in [0.2, 0.25) is 0 Å². The number of nitrogens with zero attached hydrogens (tertiary/aromatic N) is 2. The fourth-order valence-electron chi connectivity index (χ4n) is 4.78. The second-order valence-electron chi connectivity index (χ2n) is 11.4. The van der Waals surface area contributed by atoms with Gasteiger partial charge in [-0.2, -0.15) is 0 Å². The number of carbonyl (C=O) groups is 2. The SMILES string of the molecule is Cc1cc(/C(O)=C2\C(=O)C(=O)N(CCN(C)C)[C@@H]2c2ccc(C(C)(C)C)cc2)ccc1OCc1ccccc1. The van der Waals surface area contributed by atoms with Crippen LogP contribution in [0.25, 0.3) is 5.76 Å². The van der Waals surface area contributed by atoms with Gasteiger partial charge in [-0.1, -0.05) is 75.4 Å². The van der Waals surface area contributed by atoms with Crippen LogP contribution in [0.3, 0.4) is 0 Å². The number of benzene rings is 3. The van der Waals surface area contributed by atoms with E-state index in [1.807, 2.05) is 80.5 Å². The Labute approximate surface area is 231 Å². The molecule has 204 valence electrons. The van der Waals surface area contributed by atoms with Gasteiger partial charge in [0.15, 0.2) is 0 Å². The number of ether oxygens (including phenoxy) is 1. The summed E-state index contributed by atoms with van der Waals surface area (Å²) >= 11 is 0. The normalized spacial score (nSPS) is 17.2. The van der Waals surface area contributed by atoms with E-state index in [9.17, 15) is 14.7 Å². The zero-order valence-electron chi connectivity index (χ0n) is 23.7. The van der Waals surface area contributed by atoms with Crippen molar-refractivity contribution in [2.45, 2.75) is 45.8 Å². The molecule has 0 aromatic heterocycles. The van der Waals surface area contributed by atoms with Crippen LogP contribution in [0.2, 0.25) is 0 Å². The van der Waals surface area contributed by atoms with E-state index >= 15 is 0 Å². The smallest absolute Gasteiger partial charge is 0.295 e. The molecule has 1 heterocycles. The van der Waals surface area contributed by atoms with Crippen LogP contribution in [0.1, 0.15) is 54.6 Å². The molecular formula is C33H38N2O4. The van der Waals surface area contributed by atoms with Crippen LogP contribution < -0.4 is 4.74 Å². The summed E-state index contributed by atoms with van der Waals surface area (Å²) < 4.78 is 5.99. The molecule has 1 N–H and O–H groups in total. The highest BCUT2D eigenvalue weighted by Gasteiger charge is 2.46. The summed E-state index contributed by atoms with van der Waals surface area (Å²) in [5.74, 6) is -0.750. The Bertz CT molecular complexity index is 1370. The van der Waals surface area contributed by atoms with Crippen LogP contribution in [-0.4, -0.2) is 53.8 Å². The van der Waals surface area contributed by atoms with Crippen molar-refractivity contribution in [3.05, 3.63) is 106 Å². The first kappa shape index (κ1) is 28.1. The highest BCUT2D eigenvalue weighted by molar-refractivity contribution is 6.46. The van der Waals surface area contributed by atoms with Gasteiger partial charge >= 0.3 is 0 Å². The fourth-order valence-corrected chi connectivity index (χ4v) is 4.78. The predicted molar refractivity (Wildman–Crippen MR) is 155 cm³/mol. The molecule has 1 fully saturated rings. The van der Waals surface area contributed by atoms with Gasteiger partial charge in [0.25, 0.3) is 11.7 Å². The van der Waals surface area contributed by atoms with Crippen LogP contribution in [0.5, 0.6) is 5.75 Å². The van der Waals surface area contributed by atoms with Gasteiger partial charge < -0.3 is 19.6 Å². The molecule has 6 heteroatoms. The molecule has 1 atom stereocenters. The molecular weight excluding hydrogens is 488 g/mol. The van der Waals surface area contributed by atoms with Gasteiger partial charge in [0.1, 0.15) is 18.1 Å². The van der Waals surface area contributed by atoms with Crippen molar-refractivity contribution in [1.82, 2.24) is 9.80 Å². The number of amides is 1. The number of ketones is 1. The van der Waals surface area contributed by atoms with Crippen molar-refractivity contribution in [3.63, 3.8) is 0 Å². The van der Waals surface area contributed by atoms with Crippen LogP contribution in [-0.2, 0) is 21.6 Å². The summed E-state index contributed by atoms with van der Waals surface area (Å²) in [6.45, 7) is 9.70. The van der Waals surface area contributed by atoms with Crippen molar-refractivity contribution in [3.8, 4) is 5.75 Å². The summed E-state index contributed by atoms with van der Waals surface area (Å²) in [4.78, 5) is 30.1. The summed E-state index contributed by atoms with van der Waals surface area (Å²) in [7, 11) is 3.85. The van der Waals surface area contributed by atoms with Gasteiger partial charge in [-0.05, 0) is 66.9 Å². The molecule has 0 unspecified atom stereocenters. The third kappa shape index (κ3) is 6.23. The maximum absolute atomic E-state index is 13.3. The van der Waals surface area contributed by atoms with Crippen molar-refractivity contribution in [2.75, 3.05) is 27.2 Å². The van der Waals surface area contributed by atoms with Crippen molar-refractivity contribution >= 4 is 17.4 Å². The number of rotatable bonds is 8. The van der Waals surface area contributed by atoms with Gasteiger partial charge in [-0.25, -0.2) is 0 Å². The topological polar surface area (TPSA) is 70.1 Å². The van der Waals surface area contributed by atoms with Gasteiger partial charge in [0.05, 0.1) is 11.6 Å². The second-order valence-corrected chi connectivity index (χ2v) is 11.4. The second kappa shape index (κ2) is 11.5. The number of likely N-dealkylation sites (N-methyl/N-ethyl adjacent to an activating group) is 1. The van der Waals surface area contributed by atoms with E-state index in [4.69, 9.17) is 4.74 Å². The Morgan fingerprint density at radius 2 is 1.64 bits per heavy atom. The highest BCUT2D eigenvalue weighted by atomic mass is 16.5. The molecule has 39 heavy (non-hydrogen) atoms. The van der Waals surface area contributed by atoms with Crippen LogP contribution in [0.4, 0.5) is 0 Å². The molecule has 1 aliphatic heterocycles. The Hall–Kier alpha value is -3.90. The van der Waals surface area contributed by atoms with Crippen molar-refractivity contribution in [1.29, 1.82) is 0 Å². The number of aryl methyl sites for hydroxylation is 1. The first-order valence-electron chi connectivity index (χ1n) is 13.3. The molecule has 3 aromatic rings. The summed E-state index contributed by atoms with van der Waals surface area (Å²) in [6, 6.07) is 22.5. The molecule has 0 spiro atoms. The van der Waals surface area contributed by atoms with Crippen LogP contribution in [0.15, 0.2) is 78.4 Å². The first-order chi connectivity index (χ1) is 18.5. The monoisotopic (exact) mass is 526 g/mol. The number of hydrogen-bond acceptors (Lipinski definition) is 5. The predicted octanol–water partition coefficient (Wildman–Crippen LogP) is 5.85. The standard InChI is InChI=1S/C33H38N2O4/c1-22-20-25(14-17-27(22)39-21-23-10-8-7-9-11-23)30(36)28-29(24-12-15-26(16-13-24)33(2,3)4)35(19-18-34(5)6)32(38)31(28)37/h7-17,20,29,36H,18-19,21H2,1-6H3/b30-28+/t29-/m1/s1. The average Bonchev–Trinajstić information content (AvgIpc) is 3.15. The fraction of sp³-hybridized carbons (Fsp3) is 0.333. The highest BCUT2D eigenvalue weighted by Crippen LogP contribution is 2.40. The lowest BCUT2D eigenvalue weighted by molar-refractivity contribution is -0.140. The molecule has 1 aliphatic rings. The maximum atomic E-state index is 13.3. The molecule has 0 bridgehead atoms. The quantitative estimate of drug-likeness (QED) is 0.226. The van der Waals surface area contributed by atoms with Gasteiger partial charge in [-0.15, -0.1) is 0 Å². The van der Waals surface area contributed by atoms with Gasteiger partial charge in [0, 0.05) is 18.7 Å². The van der Waals surface area contributed by atoms with E-state index in [0.29, 0.717) is 31.0 Å². The lowest BCUT2D eigenvalue weighted by Gasteiger charge is -2.27. The number of likely N-dealkylation sites (tertiary alicyclic amines) is 1. The third-order valence-electron chi connectivity index (χ3n) is 7.11. The molecule has 1 amide bonds. The number of aliphatic hydroxyl groups is 1. The minimum absolute atomic E-state index is 0.0346. The lowest BCUT2D eigenvalue weighted by Crippen LogP contribution is -2.35. The van der Waals surface area contributed by atoms with E-state index < -0.39 is 17.7 Å². The molecule has 0 saturated carbocycles. The van der Waals surface area contributed by atoms with Crippen LogP contribution >= 0.6 is 0 Å². The van der Waals surface area contributed by atoms with E-state index in [2.05, 4.69) is 20.8 Å². The summed E-state index contributed by atoms with van der Waals surface area (Å²) in [5.41, 5.74) is 4.37. The third-order valence-corrected chi connectivity index (χ3v) is 7.11. The molecule has 6 nitrogen and oxygen atoms in total. The lowest BCUT2D eigenvalue weighted by atomic mass is 9.85. The summed E-state index contributed by atoms with van der Waals surface area (Å²) in [5, 5.41) is 11.5. The van der Waals surface area contributed by atoms with Crippen LogP contribution in [0, 0.1) is 6.92 Å². The minimum atomic E-state index is -0.673. The largest absolute Gasteiger partial charge is 0.507 e. The van der Waals surface area contributed by atoms with Gasteiger partial charge in [-0.3, -0.25) is 9.59 Å². The minimum Gasteiger partial charge on any atom is -0.507 e. The Kier molecular flexibility index (Phi) is 8.26.